The summed E-state index contributed by atoms with van der Waals surface area (Å²) in [4.78, 5) is 21.2. The van der Waals surface area contributed by atoms with Crippen molar-refractivity contribution in [1.29, 1.82) is 0 Å². The van der Waals surface area contributed by atoms with Crippen molar-refractivity contribution in [3.63, 3.8) is 0 Å². The Morgan fingerprint density at radius 3 is 2.26 bits per heavy atom. The van der Waals surface area contributed by atoms with Gasteiger partial charge in [0, 0.05) is 24.8 Å². The molecular weight excluding hydrogens is 363 g/mol. The Hall–Kier alpha value is -2.84. The van der Waals surface area contributed by atoms with Gasteiger partial charge in [0.15, 0.2) is 11.5 Å². The Balaban J connectivity index is 2.69. The van der Waals surface area contributed by atoms with Crippen molar-refractivity contribution in [2.45, 2.75) is 20.0 Å². The lowest BCUT2D eigenvalue weighted by molar-refractivity contribution is -0.144. The van der Waals surface area contributed by atoms with Crippen LogP contribution in [0.25, 0.3) is 11.3 Å². The van der Waals surface area contributed by atoms with Crippen molar-refractivity contribution in [3.8, 4) is 22.8 Å². The summed E-state index contributed by atoms with van der Waals surface area (Å²) in [7, 11) is 2.85. The van der Waals surface area contributed by atoms with E-state index in [1.165, 1.54) is 37.3 Å². The summed E-state index contributed by atoms with van der Waals surface area (Å²) in [6.07, 6.45) is -3.81. The van der Waals surface area contributed by atoms with Gasteiger partial charge in [0.1, 0.15) is 0 Å². The summed E-state index contributed by atoms with van der Waals surface area (Å²) in [6, 6.07) is 4.53. The zero-order valence-electron chi connectivity index (χ0n) is 15.4. The van der Waals surface area contributed by atoms with Crippen LogP contribution in [0.2, 0.25) is 0 Å². The normalized spacial score (nSPS) is 11.2. The molecule has 0 saturated heterocycles. The minimum atomic E-state index is -4.73. The Morgan fingerprint density at radius 1 is 1.11 bits per heavy atom. The average molecular weight is 383 g/mol. The number of methoxy groups -OCH3 is 2. The number of benzene rings is 1. The minimum absolute atomic E-state index is 0.0149. The smallest absolute Gasteiger partial charge is 0.451 e. The molecule has 2 rings (SSSR count). The van der Waals surface area contributed by atoms with Crippen molar-refractivity contribution < 1.29 is 27.4 Å². The largest absolute Gasteiger partial charge is 0.493 e. The van der Waals surface area contributed by atoms with Crippen LogP contribution in [0.15, 0.2) is 24.4 Å². The van der Waals surface area contributed by atoms with E-state index in [1.807, 2.05) is 0 Å². The van der Waals surface area contributed by atoms with Gasteiger partial charge < -0.3 is 14.4 Å². The second-order valence-electron chi connectivity index (χ2n) is 5.50. The summed E-state index contributed by atoms with van der Waals surface area (Å²) in [5, 5.41) is 0. The zero-order valence-corrected chi connectivity index (χ0v) is 15.4. The first kappa shape index (κ1) is 20.5. The van der Waals surface area contributed by atoms with Gasteiger partial charge in [-0.2, -0.15) is 13.2 Å². The topological polar surface area (TPSA) is 64.6 Å². The van der Waals surface area contributed by atoms with Gasteiger partial charge in [0.25, 0.3) is 5.91 Å². The van der Waals surface area contributed by atoms with Crippen LogP contribution in [0.5, 0.6) is 11.5 Å². The third-order valence-corrected chi connectivity index (χ3v) is 3.98. The molecule has 0 radical (unpaired) electrons. The maximum Gasteiger partial charge on any atom is 0.451 e. The molecule has 1 aromatic heterocycles. The van der Waals surface area contributed by atoms with Crippen LogP contribution in [0.3, 0.4) is 0 Å². The van der Waals surface area contributed by atoms with Gasteiger partial charge in [-0.05, 0) is 32.0 Å². The van der Waals surface area contributed by atoms with E-state index in [0.29, 0.717) is 24.6 Å². The SMILES string of the molecule is CCN(CC)C(=O)c1cnc(C(F)(F)F)nc1-c1ccc(OC)c(OC)c1. The first-order valence-electron chi connectivity index (χ1n) is 8.22. The Labute approximate surface area is 154 Å². The maximum atomic E-state index is 13.1. The predicted molar refractivity (Wildman–Crippen MR) is 92.8 cm³/mol. The second-order valence-corrected chi connectivity index (χ2v) is 5.50. The van der Waals surface area contributed by atoms with E-state index in [4.69, 9.17) is 9.47 Å². The van der Waals surface area contributed by atoms with Crippen molar-refractivity contribution >= 4 is 5.91 Å². The highest BCUT2D eigenvalue weighted by atomic mass is 19.4. The summed E-state index contributed by atoms with van der Waals surface area (Å²) in [6.45, 7) is 4.37. The van der Waals surface area contributed by atoms with E-state index in [-0.39, 0.29) is 16.8 Å². The molecule has 1 amide bonds. The number of ether oxygens (including phenoxy) is 2. The third-order valence-electron chi connectivity index (χ3n) is 3.98. The highest BCUT2D eigenvalue weighted by molar-refractivity contribution is 5.99. The second kappa shape index (κ2) is 8.24. The number of hydrogen-bond donors (Lipinski definition) is 0. The van der Waals surface area contributed by atoms with Crippen LogP contribution in [0, 0.1) is 0 Å². The van der Waals surface area contributed by atoms with Crippen LogP contribution in [0.1, 0.15) is 30.0 Å². The molecule has 0 aliphatic heterocycles. The molecule has 1 heterocycles. The van der Waals surface area contributed by atoms with Gasteiger partial charge in [-0.25, -0.2) is 9.97 Å². The quantitative estimate of drug-likeness (QED) is 0.762. The molecule has 27 heavy (non-hydrogen) atoms. The Bertz CT molecular complexity index is 821. The standard InChI is InChI=1S/C18H20F3N3O3/c1-5-24(6-2)16(25)12-10-22-17(18(19,20)21)23-15(12)11-7-8-13(26-3)14(9-11)27-4/h7-10H,5-6H2,1-4H3. The lowest BCUT2D eigenvalue weighted by atomic mass is 10.0. The maximum absolute atomic E-state index is 13.1. The number of carbonyl (C=O) groups is 1. The summed E-state index contributed by atoms with van der Waals surface area (Å²) in [5.41, 5.74) is 0.158. The van der Waals surface area contributed by atoms with Gasteiger partial charge in [0.05, 0.1) is 25.5 Å². The number of nitrogens with zero attached hydrogens (tertiary/aromatic N) is 3. The number of halogens is 3. The van der Waals surface area contributed by atoms with Crippen molar-refractivity contribution in [1.82, 2.24) is 14.9 Å². The van der Waals surface area contributed by atoms with Gasteiger partial charge in [-0.3, -0.25) is 4.79 Å². The number of rotatable bonds is 6. The van der Waals surface area contributed by atoms with E-state index < -0.39 is 17.9 Å². The third kappa shape index (κ3) is 4.29. The monoisotopic (exact) mass is 383 g/mol. The van der Waals surface area contributed by atoms with Gasteiger partial charge in [0.2, 0.25) is 5.82 Å². The van der Waals surface area contributed by atoms with Gasteiger partial charge in [-0.15, -0.1) is 0 Å². The molecular formula is C18H20F3N3O3. The fraction of sp³-hybridized carbons (Fsp3) is 0.389. The lowest BCUT2D eigenvalue weighted by Gasteiger charge is -2.20. The van der Waals surface area contributed by atoms with Gasteiger partial charge >= 0.3 is 6.18 Å². The zero-order chi connectivity index (χ0) is 20.2. The molecule has 6 nitrogen and oxygen atoms in total. The Kier molecular flexibility index (Phi) is 6.24. The summed E-state index contributed by atoms with van der Waals surface area (Å²) in [5.74, 6) is -1.05. The fourth-order valence-electron chi connectivity index (χ4n) is 2.56. The Morgan fingerprint density at radius 2 is 1.74 bits per heavy atom. The van der Waals surface area contributed by atoms with E-state index in [1.54, 1.807) is 13.8 Å². The summed E-state index contributed by atoms with van der Waals surface area (Å²) >= 11 is 0. The molecule has 2 aromatic rings. The molecule has 0 spiro atoms. The van der Waals surface area contributed by atoms with E-state index in [0.717, 1.165) is 6.20 Å². The molecule has 146 valence electrons. The van der Waals surface area contributed by atoms with Crippen molar-refractivity contribution in [2.24, 2.45) is 0 Å². The van der Waals surface area contributed by atoms with E-state index >= 15 is 0 Å². The average Bonchev–Trinajstić information content (AvgIpc) is 2.67. The molecule has 0 N–H and O–H groups in total. The van der Waals surface area contributed by atoms with E-state index in [9.17, 15) is 18.0 Å². The molecule has 0 saturated carbocycles. The molecule has 0 aliphatic carbocycles. The molecule has 1 aromatic carbocycles. The van der Waals surface area contributed by atoms with Crippen LogP contribution in [0.4, 0.5) is 13.2 Å². The molecule has 0 bridgehead atoms. The fourth-order valence-corrected chi connectivity index (χ4v) is 2.56. The minimum Gasteiger partial charge on any atom is -0.493 e. The lowest BCUT2D eigenvalue weighted by Crippen LogP contribution is -2.31. The van der Waals surface area contributed by atoms with Crippen molar-refractivity contribution in [3.05, 3.63) is 35.8 Å². The number of alkyl halides is 3. The highest BCUT2D eigenvalue weighted by Gasteiger charge is 2.36. The van der Waals surface area contributed by atoms with Crippen LogP contribution >= 0.6 is 0 Å². The number of hydrogen-bond acceptors (Lipinski definition) is 5. The molecule has 0 fully saturated rings. The summed E-state index contributed by atoms with van der Waals surface area (Å²) < 4.78 is 49.7. The number of amides is 1. The van der Waals surface area contributed by atoms with Crippen LogP contribution in [-0.2, 0) is 6.18 Å². The van der Waals surface area contributed by atoms with Gasteiger partial charge in [-0.1, -0.05) is 0 Å². The molecule has 0 aliphatic rings. The molecule has 0 atom stereocenters. The van der Waals surface area contributed by atoms with Crippen LogP contribution in [-0.4, -0.2) is 48.1 Å². The van der Waals surface area contributed by atoms with Crippen LogP contribution < -0.4 is 9.47 Å². The predicted octanol–water partition coefficient (Wildman–Crippen LogP) is 3.66. The number of aromatic nitrogens is 2. The highest BCUT2D eigenvalue weighted by Crippen LogP contribution is 2.35. The first-order valence-corrected chi connectivity index (χ1v) is 8.22. The molecule has 0 unspecified atom stereocenters. The number of carbonyl (C=O) groups excluding carboxylic acids is 1. The first-order chi connectivity index (χ1) is 12.8. The molecule has 9 heteroatoms. The van der Waals surface area contributed by atoms with E-state index in [2.05, 4.69) is 9.97 Å². The van der Waals surface area contributed by atoms with Crippen molar-refractivity contribution in [2.75, 3.05) is 27.3 Å².